The summed E-state index contributed by atoms with van der Waals surface area (Å²) in [5.74, 6) is -3.12. The van der Waals surface area contributed by atoms with Gasteiger partial charge in [-0.15, -0.1) is 0 Å². The first-order chi connectivity index (χ1) is 15.8. The molecule has 0 heterocycles. The number of nitrogens with two attached hydrogens (primary N) is 3. The van der Waals surface area contributed by atoms with Gasteiger partial charge in [0.15, 0.2) is 5.96 Å². The quantitative estimate of drug-likeness (QED) is 0.0560. The molecule has 5 unspecified atom stereocenters. The first-order valence-electron chi connectivity index (χ1n) is 11.4. The monoisotopic (exact) mass is 503 g/mol. The molecule has 0 aliphatic heterocycles. The van der Waals surface area contributed by atoms with E-state index < -0.39 is 47.9 Å². The Labute approximate surface area is 206 Å². The number of carboxylic acid groups (broad SMARTS) is 1. The van der Waals surface area contributed by atoms with E-state index in [0.29, 0.717) is 19.3 Å². The number of nitrogens with one attached hydrogen (secondary N) is 3. The highest BCUT2D eigenvalue weighted by molar-refractivity contribution is 7.80. The fraction of sp³-hybridized carbons (Fsp3) is 0.762. The highest BCUT2D eigenvalue weighted by Crippen LogP contribution is 2.12. The van der Waals surface area contributed by atoms with Crippen LogP contribution in [0, 0.1) is 11.8 Å². The van der Waals surface area contributed by atoms with Crippen molar-refractivity contribution in [2.45, 2.75) is 77.5 Å². The summed E-state index contributed by atoms with van der Waals surface area (Å²) in [7, 11) is 0. The van der Waals surface area contributed by atoms with Crippen molar-refractivity contribution in [1.29, 1.82) is 0 Å². The number of aliphatic carboxylic acids is 1. The van der Waals surface area contributed by atoms with Gasteiger partial charge in [-0.25, -0.2) is 4.79 Å². The number of hydrogen-bond donors (Lipinski definition) is 8. The second-order valence-electron chi connectivity index (χ2n) is 8.70. The second-order valence-corrected chi connectivity index (χ2v) is 9.06. The first-order valence-corrected chi connectivity index (χ1v) is 12.0. The SMILES string of the molecule is CCC(C)C(NC(=O)C(CC(C)C)NC(=O)C(N)CS)C(=O)NC(CCCN=C(N)N)C(=O)O. The third-order valence-electron chi connectivity index (χ3n) is 5.23. The third-order valence-corrected chi connectivity index (χ3v) is 5.62. The van der Waals surface area contributed by atoms with Crippen LogP contribution in [0.5, 0.6) is 0 Å². The number of hydrogen-bond acceptors (Lipinski definition) is 7. The topological polar surface area (TPSA) is 215 Å². The molecule has 13 heteroatoms. The Kier molecular flexibility index (Phi) is 14.9. The molecule has 0 aromatic rings. The molecule has 0 aliphatic rings. The molecule has 10 N–H and O–H groups in total. The number of nitrogens with zero attached hydrogens (tertiary/aromatic N) is 1. The molecular formula is C21H41N7O5S. The molecule has 5 atom stereocenters. The molecule has 0 saturated heterocycles. The Morgan fingerprint density at radius 1 is 0.971 bits per heavy atom. The number of rotatable bonds is 16. The van der Waals surface area contributed by atoms with Crippen LogP contribution in [-0.4, -0.2) is 71.2 Å². The predicted octanol–water partition coefficient (Wildman–Crippen LogP) is -1.07. The number of thiol groups is 1. The molecule has 3 amide bonds. The summed E-state index contributed by atoms with van der Waals surface area (Å²) in [5, 5.41) is 17.3. The van der Waals surface area contributed by atoms with Gasteiger partial charge < -0.3 is 38.3 Å². The van der Waals surface area contributed by atoms with Gasteiger partial charge in [0.05, 0.1) is 6.04 Å². The zero-order valence-corrected chi connectivity index (χ0v) is 21.3. The summed E-state index contributed by atoms with van der Waals surface area (Å²) in [5.41, 5.74) is 16.2. The van der Waals surface area contributed by atoms with Gasteiger partial charge in [-0.3, -0.25) is 19.4 Å². The Balaban J connectivity index is 5.46. The number of carboxylic acids is 1. The van der Waals surface area contributed by atoms with Crippen molar-refractivity contribution < 1.29 is 24.3 Å². The van der Waals surface area contributed by atoms with E-state index in [0.717, 1.165) is 0 Å². The lowest BCUT2D eigenvalue weighted by atomic mass is 9.96. The van der Waals surface area contributed by atoms with Crippen LogP contribution in [0.1, 0.15) is 53.4 Å². The molecule has 0 rings (SSSR count). The van der Waals surface area contributed by atoms with Gasteiger partial charge >= 0.3 is 5.97 Å². The minimum atomic E-state index is -1.21. The van der Waals surface area contributed by atoms with Crippen LogP contribution < -0.4 is 33.2 Å². The molecule has 196 valence electrons. The van der Waals surface area contributed by atoms with E-state index in [9.17, 15) is 24.3 Å². The Morgan fingerprint density at radius 3 is 2.03 bits per heavy atom. The Hall–Kier alpha value is -2.54. The fourth-order valence-electron chi connectivity index (χ4n) is 3.04. The molecule has 12 nitrogen and oxygen atoms in total. The Morgan fingerprint density at radius 2 is 1.56 bits per heavy atom. The maximum atomic E-state index is 13.0. The maximum absolute atomic E-state index is 13.0. The lowest BCUT2D eigenvalue weighted by Crippen LogP contribution is -2.59. The van der Waals surface area contributed by atoms with Gasteiger partial charge in [-0.1, -0.05) is 34.1 Å². The molecular weight excluding hydrogens is 462 g/mol. The minimum Gasteiger partial charge on any atom is -0.480 e. The lowest BCUT2D eigenvalue weighted by Gasteiger charge is -2.28. The normalized spacial score (nSPS) is 15.4. The van der Waals surface area contributed by atoms with Crippen molar-refractivity contribution in [2.75, 3.05) is 12.3 Å². The maximum Gasteiger partial charge on any atom is 0.326 e. The molecule has 0 saturated carbocycles. The van der Waals surface area contributed by atoms with E-state index in [2.05, 4.69) is 33.6 Å². The van der Waals surface area contributed by atoms with Crippen LogP contribution in [0.25, 0.3) is 0 Å². The summed E-state index contributed by atoms with van der Waals surface area (Å²) < 4.78 is 0. The van der Waals surface area contributed by atoms with Gasteiger partial charge in [0.25, 0.3) is 0 Å². The number of carbonyl (C=O) groups is 4. The molecule has 0 spiro atoms. The van der Waals surface area contributed by atoms with Crippen LogP contribution in [0.15, 0.2) is 4.99 Å². The summed E-state index contributed by atoms with van der Waals surface area (Å²) in [6.45, 7) is 7.62. The summed E-state index contributed by atoms with van der Waals surface area (Å²) in [4.78, 5) is 53.7. The molecule has 0 aromatic heterocycles. The number of aliphatic imine (C=N–C) groups is 1. The number of amides is 3. The fourth-order valence-corrected chi connectivity index (χ4v) is 3.21. The zero-order chi connectivity index (χ0) is 26.4. The van der Waals surface area contributed by atoms with Crippen molar-refractivity contribution in [2.24, 2.45) is 34.0 Å². The first kappa shape index (κ1) is 31.5. The van der Waals surface area contributed by atoms with E-state index in [-0.39, 0.29) is 36.5 Å². The smallest absolute Gasteiger partial charge is 0.326 e. The largest absolute Gasteiger partial charge is 0.480 e. The molecule has 0 radical (unpaired) electrons. The van der Waals surface area contributed by atoms with Gasteiger partial charge in [0.1, 0.15) is 18.1 Å². The van der Waals surface area contributed by atoms with Crippen LogP contribution in [0.3, 0.4) is 0 Å². The molecule has 0 aromatic carbocycles. The minimum absolute atomic E-state index is 0.0701. The summed E-state index contributed by atoms with van der Waals surface area (Å²) in [6.07, 6.45) is 1.32. The van der Waals surface area contributed by atoms with Crippen molar-refractivity contribution >= 4 is 42.3 Å². The van der Waals surface area contributed by atoms with Gasteiger partial charge in [0.2, 0.25) is 17.7 Å². The van der Waals surface area contributed by atoms with E-state index in [1.165, 1.54) is 0 Å². The van der Waals surface area contributed by atoms with E-state index >= 15 is 0 Å². The van der Waals surface area contributed by atoms with Crippen LogP contribution >= 0.6 is 12.6 Å². The van der Waals surface area contributed by atoms with Gasteiger partial charge in [0, 0.05) is 12.3 Å². The van der Waals surface area contributed by atoms with Gasteiger partial charge in [-0.05, 0) is 31.1 Å². The lowest BCUT2D eigenvalue weighted by molar-refractivity contribution is -0.143. The highest BCUT2D eigenvalue weighted by atomic mass is 32.1. The molecule has 34 heavy (non-hydrogen) atoms. The third kappa shape index (κ3) is 12.1. The van der Waals surface area contributed by atoms with Crippen molar-refractivity contribution in [3.63, 3.8) is 0 Å². The number of guanidine groups is 1. The van der Waals surface area contributed by atoms with Crippen molar-refractivity contribution in [3.8, 4) is 0 Å². The van der Waals surface area contributed by atoms with Crippen LogP contribution in [0.2, 0.25) is 0 Å². The van der Waals surface area contributed by atoms with E-state index in [1.807, 2.05) is 20.8 Å². The van der Waals surface area contributed by atoms with E-state index in [1.54, 1.807) is 6.92 Å². The molecule has 0 fully saturated rings. The number of carbonyl (C=O) groups excluding carboxylic acids is 3. The van der Waals surface area contributed by atoms with Crippen LogP contribution in [0.4, 0.5) is 0 Å². The molecule has 0 bridgehead atoms. The van der Waals surface area contributed by atoms with Gasteiger partial charge in [-0.2, -0.15) is 12.6 Å². The standard InChI is InChI=1S/C21H41N7O5S/c1-5-12(4)16(19(31)26-14(20(32)33)7-6-8-25-21(23)24)28-18(30)15(9-11(2)3)27-17(29)13(22)10-34/h11-16,34H,5-10,22H2,1-4H3,(H,26,31)(H,27,29)(H,28,30)(H,32,33)(H4,23,24,25). The second kappa shape index (κ2) is 16.1. The van der Waals surface area contributed by atoms with Crippen LogP contribution in [-0.2, 0) is 19.2 Å². The average Bonchev–Trinajstić information content (AvgIpc) is 2.76. The predicted molar refractivity (Wildman–Crippen MR) is 134 cm³/mol. The van der Waals surface area contributed by atoms with E-state index in [4.69, 9.17) is 17.2 Å². The van der Waals surface area contributed by atoms with Crippen molar-refractivity contribution in [3.05, 3.63) is 0 Å². The average molecular weight is 504 g/mol. The summed E-state index contributed by atoms with van der Waals surface area (Å²) in [6, 6.07) is -3.96. The zero-order valence-electron chi connectivity index (χ0n) is 20.4. The molecule has 0 aliphatic carbocycles. The highest BCUT2D eigenvalue weighted by Gasteiger charge is 2.32. The van der Waals surface area contributed by atoms with Crippen molar-refractivity contribution in [1.82, 2.24) is 16.0 Å². The summed E-state index contributed by atoms with van der Waals surface area (Å²) >= 11 is 4.00. The Bertz CT molecular complexity index is 716.